The molecule has 2 aliphatic carbocycles. The van der Waals surface area contributed by atoms with Gasteiger partial charge in [-0.2, -0.15) is 4.98 Å². The molecule has 2 aromatic heterocycles. The highest BCUT2D eigenvalue weighted by atomic mass is 16.5. The van der Waals surface area contributed by atoms with Crippen molar-refractivity contribution in [2.24, 2.45) is 0 Å². The van der Waals surface area contributed by atoms with Crippen molar-refractivity contribution in [1.29, 1.82) is 0 Å². The van der Waals surface area contributed by atoms with Crippen LogP contribution in [0.3, 0.4) is 0 Å². The molecule has 0 aromatic carbocycles. The van der Waals surface area contributed by atoms with Gasteiger partial charge in [0.1, 0.15) is 11.7 Å². The Morgan fingerprint density at radius 3 is 2.78 bits per heavy atom. The summed E-state index contributed by atoms with van der Waals surface area (Å²) >= 11 is 0. The first-order valence-corrected chi connectivity index (χ1v) is 8.05. The first-order chi connectivity index (χ1) is 11.1. The van der Waals surface area contributed by atoms with E-state index in [1.165, 1.54) is 0 Å². The summed E-state index contributed by atoms with van der Waals surface area (Å²) in [4.78, 5) is 20.5. The summed E-state index contributed by atoms with van der Waals surface area (Å²) in [6.45, 7) is 0.693. The summed E-state index contributed by atoms with van der Waals surface area (Å²) in [5, 5.41) is 9.43. The van der Waals surface area contributed by atoms with Crippen LogP contribution in [0.2, 0.25) is 0 Å². The molecule has 120 valence electrons. The van der Waals surface area contributed by atoms with E-state index in [2.05, 4.69) is 9.97 Å². The van der Waals surface area contributed by atoms with Crippen LogP contribution in [0.4, 0.5) is 0 Å². The van der Waals surface area contributed by atoms with E-state index in [1.807, 2.05) is 6.20 Å². The van der Waals surface area contributed by atoms with Crippen LogP contribution in [-0.4, -0.2) is 44.3 Å². The molecule has 2 bridgehead atoms. The molecule has 4 aliphatic rings. The van der Waals surface area contributed by atoms with Crippen LogP contribution in [0.5, 0.6) is 5.88 Å². The molecular formula is C16H17N3O4. The Bertz CT molecular complexity index is 799. The van der Waals surface area contributed by atoms with Crippen LogP contribution in [0.1, 0.15) is 48.2 Å². The number of rotatable bonds is 4. The quantitative estimate of drug-likeness (QED) is 0.925. The molecule has 7 nitrogen and oxygen atoms in total. The first-order valence-electron chi connectivity index (χ1n) is 8.05. The van der Waals surface area contributed by atoms with E-state index in [0.717, 1.165) is 37.8 Å². The lowest BCUT2D eigenvalue weighted by molar-refractivity contribution is 0.0675. The van der Waals surface area contributed by atoms with Crippen molar-refractivity contribution in [3.05, 3.63) is 23.7 Å². The summed E-state index contributed by atoms with van der Waals surface area (Å²) in [6, 6.07) is 0. The topological polar surface area (TPSA) is 86.0 Å². The molecule has 0 spiro atoms. The second kappa shape index (κ2) is 4.44. The number of ether oxygens (including phenoxy) is 2. The fourth-order valence-electron chi connectivity index (χ4n) is 3.65. The first kappa shape index (κ1) is 13.3. The molecule has 4 fully saturated rings. The standard InChI is InChI=1S/C16H17N3O4/c20-14(21)11-6-19-7-12(16-4-10(5-16)22-8-16)17-15(19)18-13(11)23-9-2-1-3-9/h6-7,9-10H,1-5,8H2,(H,20,21). The molecule has 2 saturated heterocycles. The molecule has 6 rings (SSSR count). The van der Waals surface area contributed by atoms with E-state index in [0.29, 0.717) is 18.5 Å². The summed E-state index contributed by atoms with van der Waals surface area (Å²) in [7, 11) is 0. The Morgan fingerprint density at radius 1 is 1.35 bits per heavy atom. The van der Waals surface area contributed by atoms with Gasteiger partial charge in [0.05, 0.1) is 18.4 Å². The maximum absolute atomic E-state index is 11.5. The van der Waals surface area contributed by atoms with E-state index in [-0.39, 0.29) is 23.0 Å². The predicted molar refractivity (Wildman–Crippen MR) is 78.9 cm³/mol. The molecule has 0 amide bonds. The molecule has 7 heteroatoms. The van der Waals surface area contributed by atoms with Crippen molar-refractivity contribution >= 4 is 11.7 Å². The summed E-state index contributed by atoms with van der Waals surface area (Å²) < 4.78 is 13.1. The van der Waals surface area contributed by atoms with Crippen molar-refractivity contribution in [3.63, 3.8) is 0 Å². The average Bonchev–Trinajstić information content (AvgIpc) is 3.13. The van der Waals surface area contributed by atoms with Gasteiger partial charge < -0.3 is 14.6 Å². The highest BCUT2D eigenvalue weighted by Gasteiger charge is 2.54. The minimum Gasteiger partial charge on any atom is -0.477 e. The zero-order valence-corrected chi connectivity index (χ0v) is 12.6. The predicted octanol–water partition coefficient (Wildman–Crippen LogP) is 1.79. The Labute approximate surface area is 132 Å². The second-order valence-electron chi connectivity index (χ2n) is 6.89. The van der Waals surface area contributed by atoms with Gasteiger partial charge in [-0.25, -0.2) is 9.78 Å². The summed E-state index contributed by atoms with van der Waals surface area (Å²) in [5.41, 5.74) is 1.02. The minimum atomic E-state index is -1.03. The fourth-order valence-corrected chi connectivity index (χ4v) is 3.65. The molecule has 0 unspecified atom stereocenters. The number of hydrogen-bond acceptors (Lipinski definition) is 5. The third-order valence-corrected chi connectivity index (χ3v) is 5.35. The molecule has 2 aromatic rings. The highest BCUT2D eigenvalue weighted by molar-refractivity contribution is 5.90. The Hall–Kier alpha value is -2.15. The molecule has 2 saturated carbocycles. The van der Waals surface area contributed by atoms with Crippen LogP contribution >= 0.6 is 0 Å². The SMILES string of the molecule is O=C(O)c1cn2cc(C34COC(C3)C4)nc2nc1OC1CCC1. The number of carbonyl (C=O) groups is 1. The highest BCUT2D eigenvalue weighted by Crippen LogP contribution is 2.51. The maximum atomic E-state index is 11.5. The number of aromatic nitrogens is 3. The normalized spacial score (nSPS) is 29.3. The number of imidazole rings is 1. The van der Waals surface area contributed by atoms with Gasteiger partial charge in [0.2, 0.25) is 11.7 Å². The molecule has 1 N–H and O–H groups in total. The number of carboxylic acid groups (broad SMARTS) is 1. The largest absolute Gasteiger partial charge is 0.477 e. The van der Waals surface area contributed by atoms with Crippen LogP contribution in [0.25, 0.3) is 5.78 Å². The van der Waals surface area contributed by atoms with Gasteiger partial charge in [-0.15, -0.1) is 0 Å². The number of nitrogens with zero attached hydrogens (tertiary/aromatic N) is 3. The van der Waals surface area contributed by atoms with Gasteiger partial charge in [-0.1, -0.05) is 0 Å². The van der Waals surface area contributed by atoms with E-state index < -0.39 is 5.97 Å². The number of carboxylic acids is 1. The van der Waals surface area contributed by atoms with Crippen molar-refractivity contribution in [2.75, 3.05) is 6.61 Å². The van der Waals surface area contributed by atoms with Crippen molar-refractivity contribution in [1.82, 2.24) is 14.4 Å². The van der Waals surface area contributed by atoms with Crippen molar-refractivity contribution in [2.45, 2.75) is 49.7 Å². The van der Waals surface area contributed by atoms with Crippen LogP contribution < -0.4 is 4.74 Å². The lowest BCUT2D eigenvalue weighted by Crippen LogP contribution is -2.37. The van der Waals surface area contributed by atoms with Gasteiger partial charge in [0, 0.05) is 17.8 Å². The van der Waals surface area contributed by atoms with Gasteiger partial charge >= 0.3 is 5.97 Å². The third kappa shape index (κ3) is 1.89. The second-order valence-corrected chi connectivity index (χ2v) is 6.89. The van der Waals surface area contributed by atoms with Crippen LogP contribution in [0, 0.1) is 0 Å². The summed E-state index contributed by atoms with van der Waals surface area (Å²) in [5.74, 6) is -0.363. The van der Waals surface area contributed by atoms with Crippen molar-refractivity contribution in [3.8, 4) is 5.88 Å². The average molecular weight is 315 g/mol. The zero-order chi connectivity index (χ0) is 15.6. The molecule has 2 aliphatic heterocycles. The number of aromatic carboxylic acids is 1. The lowest BCUT2D eigenvalue weighted by atomic mass is 9.68. The van der Waals surface area contributed by atoms with E-state index in [4.69, 9.17) is 9.47 Å². The van der Waals surface area contributed by atoms with Gasteiger partial charge in [-0.3, -0.25) is 4.40 Å². The Balaban J connectivity index is 1.57. The number of hydrogen-bond donors (Lipinski definition) is 1. The molecule has 4 heterocycles. The zero-order valence-electron chi connectivity index (χ0n) is 12.6. The lowest BCUT2D eigenvalue weighted by Gasteiger charge is -2.33. The van der Waals surface area contributed by atoms with Gasteiger partial charge in [0.15, 0.2) is 0 Å². The molecule has 0 atom stereocenters. The monoisotopic (exact) mass is 315 g/mol. The minimum absolute atomic E-state index is 0.00323. The molecule has 23 heavy (non-hydrogen) atoms. The maximum Gasteiger partial charge on any atom is 0.342 e. The van der Waals surface area contributed by atoms with E-state index in [9.17, 15) is 9.90 Å². The van der Waals surface area contributed by atoms with Crippen LogP contribution in [0.15, 0.2) is 12.4 Å². The summed E-state index contributed by atoms with van der Waals surface area (Å²) in [6.07, 6.45) is 8.88. The van der Waals surface area contributed by atoms with E-state index >= 15 is 0 Å². The van der Waals surface area contributed by atoms with Crippen molar-refractivity contribution < 1.29 is 19.4 Å². The Kier molecular flexibility index (Phi) is 2.57. The smallest absolute Gasteiger partial charge is 0.342 e. The number of fused-ring (bicyclic) bond motifs is 2. The van der Waals surface area contributed by atoms with Gasteiger partial charge in [-0.05, 0) is 32.1 Å². The third-order valence-electron chi connectivity index (χ3n) is 5.35. The van der Waals surface area contributed by atoms with Gasteiger partial charge in [0.25, 0.3) is 0 Å². The van der Waals surface area contributed by atoms with E-state index in [1.54, 1.807) is 10.6 Å². The fraction of sp³-hybridized carbons (Fsp3) is 0.562. The van der Waals surface area contributed by atoms with Crippen LogP contribution in [-0.2, 0) is 10.2 Å². The molecule has 0 radical (unpaired) electrons. The molecular weight excluding hydrogens is 298 g/mol. The Morgan fingerprint density at radius 2 is 2.17 bits per heavy atom.